The van der Waals surface area contributed by atoms with Gasteiger partial charge in [0, 0.05) is 12.0 Å². The molecule has 0 radical (unpaired) electrons. The molecule has 2 heteroatoms. The number of benzene rings is 2. The molecule has 2 nitrogen and oxygen atoms in total. The maximum Gasteiger partial charge on any atom is 0.163 e. The summed E-state index contributed by atoms with van der Waals surface area (Å²) >= 11 is 0. The summed E-state index contributed by atoms with van der Waals surface area (Å²) in [6.45, 7) is 0. The van der Waals surface area contributed by atoms with Crippen LogP contribution in [0, 0.1) is 0 Å². The molecule has 0 amide bonds. The highest BCUT2D eigenvalue weighted by molar-refractivity contribution is 6.00. The molecule has 0 aliphatic heterocycles. The fourth-order valence-electron chi connectivity index (χ4n) is 2.78. The van der Waals surface area contributed by atoms with E-state index in [-0.39, 0.29) is 5.78 Å². The molecule has 19 heavy (non-hydrogen) atoms. The van der Waals surface area contributed by atoms with Gasteiger partial charge in [-0.25, -0.2) is 0 Å². The van der Waals surface area contributed by atoms with Gasteiger partial charge in [0.1, 0.15) is 6.10 Å². The topological polar surface area (TPSA) is 37.3 Å². The Morgan fingerprint density at radius 2 is 1.74 bits per heavy atom. The second kappa shape index (κ2) is 4.98. The van der Waals surface area contributed by atoms with Crippen LogP contribution in [0.15, 0.2) is 48.5 Å². The number of ketones is 1. The molecule has 1 aliphatic rings. The Kier molecular flexibility index (Phi) is 3.18. The number of hydrogen-bond acceptors (Lipinski definition) is 2. The Morgan fingerprint density at radius 1 is 0.947 bits per heavy atom. The molecule has 0 aromatic heterocycles. The van der Waals surface area contributed by atoms with Gasteiger partial charge in [0.2, 0.25) is 0 Å². The molecule has 0 bridgehead atoms. The molecule has 2 aromatic rings. The summed E-state index contributed by atoms with van der Waals surface area (Å²) in [6.07, 6.45) is 1.71. The van der Waals surface area contributed by atoms with Crippen LogP contribution in [0.5, 0.6) is 0 Å². The average molecular weight is 252 g/mol. The molecule has 1 N–H and O–H groups in total. The van der Waals surface area contributed by atoms with E-state index in [4.69, 9.17) is 0 Å². The number of hydrogen-bond donors (Lipinski definition) is 1. The number of aliphatic hydroxyl groups is 1. The molecule has 0 spiro atoms. The van der Waals surface area contributed by atoms with E-state index in [9.17, 15) is 9.90 Å². The van der Waals surface area contributed by atoms with Crippen molar-refractivity contribution in [1.29, 1.82) is 0 Å². The van der Waals surface area contributed by atoms with E-state index in [1.807, 2.05) is 48.5 Å². The maximum atomic E-state index is 12.1. The molecule has 2 aromatic carbocycles. The second-order valence-electron chi connectivity index (χ2n) is 4.97. The molecule has 0 heterocycles. The predicted molar refractivity (Wildman–Crippen MR) is 74.2 cm³/mol. The van der Waals surface area contributed by atoms with Crippen LogP contribution in [0.1, 0.15) is 46.0 Å². The number of aliphatic hydroxyl groups excluding tert-OH is 1. The Labute approximate surface area is 112 Å². The highest BCUT2D eigenvalue weighted by Crippen LogP contribution is 2.31. The van der Waals surface area contributed by atoms with E-state index in [2.05, 4.69) is 0 Å². The lowest BCUT2D eigenvalue weighted by Crippen LogP contribution is -2.16. The second-order valence-corrected chi connectivity index (χ2v) is 4.97. The standard InChI is InChI=1S/C17H16O2/c18-15-11-5-9-12-8-4-10-14(16(12)15)17(19)13-6-2-1-3-7-13/h1-4,6-8,10,17,19H,5,9,11H2. The Bertz CT molecular complexity index is 602. The van der Waals surface area contributed by atoms with Crippen molar-refractivity contribution in [3.05, 3.63) is 70.8 Å². The fourth-order valence-corrected chi connectivity index (χ4v) is 2.78. The minimum Gasteiger partial charge on any atom is -0.384 e. The molecule has 0 saturated carbocycles. The number of aryl methyl sites for hydroxylation is 1. The third-order valence-corrected chi connectivity index (χ3v) is 3.72. The Hall–Kier alpha value is -1.93. The molecule has 1 atom stereocenters. The molecule has 0 fully saturated rings. The lowest BCUT2D eigenvalue weighted by Gasteiger charge is -2.21. The van der Waals surface area contributed by atoms with Gasteiger partial charge in [-0.3, -0.25) is 4.79 Å². The van der Waals surface area contributed by atoms with Crippen LogP contribution in [0.25, 0.3) is 0 Å². The van der Waals surface area contributed by atoms with Gasteiger partial charge in [-0.1, -0.05) is 48.5 Å². The van der Waals surface area contributed by atoms with Crippen molar-refractivity contribution >= 4 is 5.78 Å². The van der Waals surface area contributed by atoms with Gasteiger partial charge in [-0.15, -0.1) is 0 Å². The molecule has 0 saturated heterocycles. The molecule has 3 rings (SSSR count). The first-order valence-corrected chi connectivity index (χ1v) is 6.65. The van der Waals surface area contributed by atoms with Crippen molar-refractivity contribution in [2.75, 3.05) is 0 Å². The summed E-state index contributed by atoms with van der Waals surface area (Å²) in [7, 11) is 0. The smallest absolute Gasteiger partial charge is 0.163 e. The van der Waals surface area contributed by atoms with Gasteiger partial charge in [0.05, 0.1) is 0 Å². The van der Waals surface area contributed by atoms with E-state index in [1.165, 1.54) is 0 Å². The zero-order valence-corrected chi connectivity index (χ0v) is 10.7. The van der Waals surface area contributed by atoms with Gasteiger partial charge in [0.15, 0.2) is 5.78 Å². The number of Topliss-reactive ketones (excluding diaryl/α,β-unsaturated/α-hetero) is 1. The maximum absolute atomic E-state index is 12.1. The van der Waals surface area contributed by atoms with E-state index < -0.39 is 6.10 Å². The SMILES string of the molecule is O=C1CCCc2cccc(C(O)c3ccccc3)c21. The first-order chi connectivity index (χ1) is 9.27. The van der Waals surface area contributed by atoms with Gasteiger partial charge < -0.3 is 5.11 Å². The highest BCUT2D eigenvalue weighted by Gasteiger charge is 2.24. The van der Waals surface area contributed by atoms with Crippen LogP contribution in [0.3, 0.4) is 0 Å². The van der Waals surface area contributed by atoms with Gasteiger partial charge >= 0.3 is 0 Å². The van der Waals surface area contributed by atoms with Gasteiger partial charge in [-0.2, -0.15) is 0 Å². The number of fused-ring (bicyclic) bond motifs is 1. The predicted octanol–water partition coefficient (Wildman–Crippen LogP) is 3.29. The summed E-state index contributed by atoms with van der Waals surface area (Å²) in [5.41, 5.74) is 3.39. The van der Waals surface area contributed by atoms with E-state index in [0.717, 1.165) is 35.1 Å². The Morgan fingerprint density at radius 3 is 2.53 bits per heavy atom. The minimum absolute atomic E-state index is 0.159. The average Bonchev–Trinajstić information content (AvgIpc) is 2.47. The summed E-state index contributed by atoms with van der Waals surface area (Å²) in [4.78, 5) is 12.1. The monoisotopic (exact) mass is 252 g/mol. The van der Waals surface area contributed by atoms with Crippen LogP contribution in [0.2, 0.25) is 0 Å². The van der Waals surface area contributed by atoms with Crippen molar-refractivity contribution in [3.8, 4) is 0 Å². The number of rotatable bonds is 2. The summed E-state index contributed by atoms with van der Waals surface area (Å²) in [5, 5.41) is 10.5. The largest absolute Gasteiger partial charge is 0.384 e. The first-order valence-electron chi connectivity index (χ1n) is 6.65. The van der Waals surface area contributed by atoms with Crippen LogP contribution in [0.4, 0.5) is 0 Å². The minimum atomic E-state index is -0.724. The fraction of sp³-hybridized carbons (Fsp3) is 0.235. The lowest BCUT2D eigenvalue weighted by molar-refractivity contribution is 0.0967. The zero-order chi connectivity index (χ0) is 13.2. The third kappa shape index (κ3) is 2.20. The van der Waals surface area contributed by atoms with Crippen molar-refractivity contribution in [2.24, 2.45) is 0 Å². The lowest BCUT2D eigenvalue weighted by atomic mass is 9.84. The number of carbonyl (C=O) groups is 1. The van der Waals surface area contributed by atoms with Crippen molar-refractivity contribution < 1.29 is 9.90 Å². The number of carbonyl (C=O) groups excluding carboxylic acids is 1. The quantitative estimate of drug-likeness (QED) is 0.890. The van der Waals surface area contributed by atoms with Crippen LogP contribution in [-0.2, 0) is 6.42 Å². The molecule has 1 aliphatic carbocycles. The van der Waals surface area contributed by atoms with Crippen molar-refractivity contribution in [1.82, 2.24) is 0 Å². The van der Waals surface area contributed by atoms with Gasteiger partial charge in [0.25, 0.3) is 0 Å². The Balaban J connectivity index is 2.09. The van der Waals surface area contributed by atoms with E-state index >= 15 is 0 Å². The summed E-state index contributed by atoms with van der Waals surface area (Å²) in [5.74, 6) is 0.159. The summed E-state index contributed by atoms with van der Waals surface area (Å²) in [6, 6.07) is 15.3. The highest BCUT2D eigenvalue weighted by atomic mass is 16.3. The van der Waals surface area contributed by atoms with Crippen molar-refractivity contribution in [3.63, 3.8) is 0 Å². The third-order valence-electron chi connectivity index (χ3n) is 3.72. The summed E-state index contributed by atoms with van der Waals surface area (Å²) < 4.78 is 0. The zero-order valence-electron chi connectivity index (χ0n) is 10.7. The van der Waals surface area contributed by atoms with Crippen LogP contribution < -0.4 is 0 Å². The molecular weight excluding hydrogens is 236 g/mol. The normalized spacial score (nSPS) is 15.9. The van der Waals surface area contributed by atoms with E-state index in [1.54, 1.807) is 0 Å². The first kappa shape index (κ1) is 12.1. The van der Waals surface area contributed by atoms with Gasteiger partial charge in [-0.05, 0) is 29.5 Å². The van der Waals surface area contributed by atoms with Crippen LogP contribution in [-0.4, -0.2) is 10.9 Å². The van der Waals surface area contributed by atoms with Crippen LogP contribution >= 0.6 is 0 Å². The van der Waals surface area contributed by atoms with Crippen molar-refractivity contribution in [2.45, 2.75) is 25.4 Å². The van der Waals surface area contributed by atoms with E-state index in [0.29, 0.717) is 6.42 Å². The molecule has 96 valence electrons. The molecular formula is C17H16O2. The molecule has 1 unspecified atom stereocenters.